The maximum atomic E-state index is 11.0. The van der Waals surface area contributed by atoms with Crippen molar-refractivity contribution < 1.29 is 14.3 Å². The maximum absolute atomic E-state index is 11.0. The zero-order valence-corrected chi connectivity index (χ0v) is 11.3. The second-order valence-corrected chi connectivity index (χ2v) is 5.02. The molecule has 0 aliphatic carbocycles. The minimum absolute atomic E-state index is 0.00760. The Morgan fingerprint density at radius 3 is 2.95 bits per heavy atom. The Morgan fingerprint density at radius 2 is 2.15 bits per heavy atom. The molecule has 0 saturated heterocycles. The monoisotopic (exact) mass is 268 g/mol. The third-order valence-corrected chi connectivity index (χ3v) is 3.43. The van der Waals surface area contributed by atoms with Gasteiger partial charge in [0.05, 0.1) is 5.56 Å². The smallest absolute Gasteiger partial charge is 0.153 e. The van der Waals surface area contributed by atoms with Gasteiger partial charge in [0, 0.05) is 6.42 Å². The predicted molar refractivity (Wildman–Crippen MR) is 76.6 cm³/mol. The summed E-state index contributed by atoms with van der Waals surface area (Å²) in [5.74, 6) is 1.55. The Bertz CT molecular complexity index is 609. The molecule has 0 bridgehead atoms. The Kier molecular flexibility index (Phi) is 3.42. The standard InChI is InChI=1S/C17H16O3/c1-12-6-7-16(14(8-12)10-18)19-11-15-9-13-4-2-3-5-17(13)20-15/h2-8,10,15H,9,11H2,1H3. The number of aryl methyl sites for hydroxylation is 1. The number of para-hydroxylation sites is 1. The highest BCUT2D eigenvalue weighted by molar-refractivity contribution is 5.79. The van der Waals surface area contributed by atoms with Gasteiger partial charge in [0.1, 0.15) is 24.2 Å². The molecule has 0 amide bonds. The summed E-state index contributed by atoms with van der Waals surface area (Å²) in [6, 6.07) is 13.6. The lowest BCUT2D eigenvalue weighted by Crippen LogP contribution is -2.22. The average molecular weight is 268 g/mol. The van der Waals surface area contributed by atoms with E-state index in [-0.39, 0.29) is 6.10 Å². The molecule has 3 rings (SSSR count). The van der Waals surface area contributed by atoms with Gasteiger partial charge in [-0.2, -0.15) is 0 Å². The summed E-state index contributed by atoms with van der Waals surface area (Å²) >= 11 is 0. The van der Waals surface area contributed by atoms with Gasteiger partial charge in [-0.05, 0) is 30.7 Å². The van der Waals surface area contributed by atoms with Crippen molar-refractivity contribution in [2.45, 2.75) is 19.4 Å². The van der Waals surface area contributed by atoms with Gasteiger partial charge < -0.3 is 9.47 Å². The number of hydrogen-bond donors (Lipinski definition) is 0. The summed E-state index contributed by atoms with van der Waals surface area (Å²) in [6.07, 6.45) is 1.68. The molecule has 0 N–H and O–H groups in total. The molecule has 2 aromatic carbocycles. The third-order valence-electron chi connectivity index (χ3n) is 3.43. The van der Waals surface area contributed by atoms with E-state index in [9.17, 15) is 4.79 Å². The highest BCUT2D eigenvalue weighted by Crippen LogP contribution is 2.28. The fourth-order valence-corrected chi connectivity index (χ4v) is 2.42. The molecule has 102 valence electrons. The van der Waals surface area contributed by atoms with Crippen LogP contribution >= 0.6 is 0 Å². The van der Waals surface area contributed by atoms with Crippen molar-refractivity contribution in [1.29, 1.82) is 0 Å². The normalized spacial score (nSPS) is 16.4. The minimum Gasteiger partial charge on any atom is -0.489 e. The van der Waals surface area contributed by atoms with Crippen LogP contribution in [0.1, 0.15) is 21.5 Å². The average Bonchev–Trinajstić information content (AvgIpc) is 2.88. The van der Waals surface area contributed by atoms with Crippen molar-refractivity contribution in [1.82, 2.24) is 0 Å². The zero-order chi connectivity index (χ0) is 13.9. The number of hydrogen-bond acceptors (Lipinski definition) is 3. The lowest BCUT2D eigenvalue weighted by Gasteiger charge is -2.13. The number of benzene rings is 2. The fraction of sp³-hybridized carbons (Fsp3) is 0.235. The number of fused-ring (bicyclic) bond motifs is 1. The van der Waals surface area contributed by atoms with Crippen LogP contribution in [0.3, 0.4) is 0 Å². The summed E-state index contributed by atoms with van der Waals surface area (Å²) in [6.45, 7) is 2.39. The topological polar surface area (TPSA) is 35.5 Å². The van der Waals surface area contributed by atoms with Crippen LogP contribution in [0, 0.1) is 6.92 Å². The van der Waals surface area contributed by atoms with Crippen molar-refractivity contribution in [3.63, 3.8) is 0 Å². The summed E-state index contributed by atoms with van der Waals surface area (Å²) < 4.78 is 11.6. The van der Waals surface area contributed by atoms with E-state index in [0.717, 1.165) is 24.0 Å². The lowest BCUT2D eigenvalue weighted by atomic mass is 10.1. The van der Waals surface area contributed by atoms with Crippen LogP contribution in [0.25, 0.3) is 0 Å². The molecule has 0 spiro atoms. The molecule has 3 nitrogen and oxygen atoms in total. The van der Waals surface area contributed by atoms with Crippen molar-refractivity contribution in [2.24, 2.45) is 0 Å². The van der Waals surface area contributed by atoms with Gasteiger partial charge in [0.2, 0.25) is 0 Å². The van der Waals surface area contributed by atoms with Crippen LogP contribution in [0.15, 0.2) is 42.5 Å². The zero-order valence-electron chi connectivity index (χ0n) is 11.3. The molecular weight excluding hydrogens is 252 g/mol. The van der Waals surface area contributed by atoms with Crippen molar-refractivity contribution in [3.05, 3.63) is 59.2 Å². The summed E-state index contributed by atoms with van der Waals surface area (Å²) in [5.41, 5.74) is 2.84. The molecule has 3 heteroatoms. The summed E-state index contributed by atoms with van der Waals surface area (Å²) in [7, 11) is 0. The van der Waals surface area contributed by atoms with Crippen LogP contribution in [-0.2, 0) is 6.42 Å². The number of rotatable bonds is 4. The Hall–Kier alpha value is -2.29. The number of ether oxygens (including phenoxy) is 2. The fourth-order valence-electron chi connectivity index (χ4n) is 2.42. The van der Waals surface area contributed by atoms with E-state index in [4.69, 9.17) is 9.47 Å². The third kappa shape index (κ3) is 2.52. The van der Waals surface area contributed by atoms with E-state index in [1.807, 2.05) is 43.3 Å². The van der Waals surface area contributed by atoms with Gasteiger partial charge in [-0.25, -0.2) is 0 Å². The van der Waals surface area contributed by atoms with Gasteiger partial charge in [-0.15, -0.1) is 0 Å². The molecule has 1 aliphatic rings. The van der Waals surface area contributed by atoms with Crippen LogP contribution in [0.2, 0.25) is 0 Å². The molecule has 0 fully saturated rings. The molecule has 1 unspecified atom stereocenters. The highest BCUT2D eigenvalue weighted by Gasteiger charge is 2.23. The molecule has 2 aromatic rings. The first-order valence-corrected chi connectivity index (χ1v) is 6.69. The Balaban J connectivity index is 1.66. The first kappa shape index (κ1) is 12.7. The number of carbonyl (C=O) groups is 1. The van der Waals surface area contributed by atoms with E-state index >= 15 is 0 Å². The van der Waals surface area contributed by atoms with Crippen molar-refractivity contribution in [3.8, 4) is 11.5 Å². The van der Waals surface area contributed by atoms with E-state index in [1.54, 1.807) is 0 Å². The molecule has 20 heavy (non-hydrogen) atoms. The van der Waals surface area contributed by atoms with Gasteiger partial charge in [-0.3, -0.25) is 4.79 Å². The largest absolute Gasteiger partial charge is 0.489 e. The summed E-state index contributed by atoms with van der Waals surface area (Å²) in [4.78, 5) is 11.0. The van der Waals surface area contributed by atoms with E-state index in [1.165, 1.54) is 5.56 Å². The quantitative estimate of drug-likeness (QED) is 0.799. The SMILES string of the molecule is Cc1ccc(OCC2Cc3ccccc3O2)c(C=O)c1. The van der Waals surface area contributed by atoms with Gasteiger partial charge in [0.25, 0.3) is 0 Å². The van der Waals surface area contributed by atoms with Crippen molar-refractivity contribution >= 4 is 6.29 Å². The minimum atomic E-state index is 0.00760. The highest BCUT2D eigenvalue weighted by atomic mass is 16.5. The van der Waals surface area contributed by atoms with Gasteiger partial charge >= 0.3 is 0 Å². The molecule has 0 saturated carbocycles. The first-order valence-electron chi connectivity index (χ1n) is 6.69. The Morgan fingerprint density at radius 1 is 1.30 bits per heavy atom. The number of carbonyl (C=O) groups excluding carboxylic acids is 1. The lowest BCUT2D eigenvalue weighted by molar-refractivity contribution is 0.111. The second-order valence-electron chi connectivity index (χ2n) is 5.02. The van der Waals surface area contributed by atoms with Gasteiger partial charge in [0.15, 0.2) is 6.29 Å². The summed E-state index contributed by atoms with van der Waals surface area (Å²) in [5, 5.41) is 0. The predicted octanol–water partition coefficient (Wildman–Crippen LogP) is 3.19. The van der Waals surface area contributed by atoms with Crippen LogP contribution in [0.4, 0.5) is 0 Å². The molecule has 0 aromatic heterocycles. The molecule has 0 radical (unpaired) electrons. The molecule has 1 heterocycles. The molecular formula is C17H16O3. The molecule has 1 aliphatic heterocycles. The van der Waals surface area contributed by atoms with E-state index in [0.29, 0.717) is 17.9 Å². The molecule has 1 atom stereocenters. The number of aldehydes is 1. The van der Waals surface area contributed by atoms with Crippen LogP contribution in [0.5, 0.6) is 11.5 Å². The van der Waals surface area contributed by atoms with Crippen LogP contribution in [-0.4, -0.2) is 19.0 Å². The van der Waals surface area contributed by atoms with Crippen molar-refractivity contribution in [2.75, 3.05) is 6.61 Å². The van der Waals surface area contributed by atoms with E-state index < -0.39 is 0 Å². The Labute approximate surface area is 118 Å². The van der Waals surface area contributed by atoms with E-state index in [2.05, 4.69) is 6.07 Å². The maximum Gasteiger partial charge on any atom is 0.153 e. The first-order chi connectivity index (χ1) is 9.76. The van der Waals surface area contributed by atoms with Crippen LogP contribution < -0.4 is 9.47 Å². The second kappa shape index (κ2) is 5.37. The van der Waals surface area contributed by atoms with Gasteiger partial charge in [-0.1, -0.05) is 29.8 Å².